The van der Waals surface area contributed by atoms with Gasteiger partial charge in [-0.3, -0.25) is 0 Å². The van der Waals surface area contributed by atoms with Gasteiger partial charge in [-0.15, -0.1) is 0 Å². The first-order valence-corrected chi connectivity index (χ1v) is 18.4. The highest BCUT2D eigenvalue weighted by Crippen LogP contribution is 2.38. The van der Waals surface area contributed by atoms with Gasteiger partial charge in [-0.2, -0.15) is 0 Å². The Morgan fingerprint density at radius 1 is 0.200 bits per heavy atom. The molecule has 0 fully saturated rings. The number of nitrogens with zero attached hydrogens (tertiary/aromatic N) is 4. The fraction of sp³-hybridized carbons (Fsp3) is 0. The summed E-state index contributed by atoms with van der Waals surface area (Å²) in [5.74, 6) is 1.91. The van der Waals surface area contributed by atoms with Gasteiger partial charge in [0.15, 0.2) is 17.5 Å². The van der Waals surface area contributed by atoms with E-state index in [9.17, 15) is 0 Å². The van der Waals surface area contributed by atoms with Crippen molar-refractivity contribution in [2.45, 2.75) is 0 Å². The predicted molar refractivity (Wildman–Crippen MR) is 227 cm³/mol. The van der Waals surface area contributed by atoms with E-state index in [-0.39, 0.29) is 0 Å². The fourth-order valence-electron chi connectivity index (χ4n) is 6.87. The van der Waals surface area contributed by atoms with Crippen LogP contribution in [0.4, 0.5) is 17.1 Å². The molecule has 0 saturated carbocycles. The number of hydrogen-bond acceptors (Lipinski definition) is 4. The molecule has 0 aliphatic rings. The normalized spacial score (nSPS) is 10.9. The van der Waals surface area contributed by atoms with Crippen LogP contribution in [0.15, 0.2) is 218 Å². The van der Waals surface area contributed by atoms with Crippen LogP contribution in [0.3, 0.4) is 0 Å². The van der Waals surface area contributed by atoms with E-state index in [0.717, 1.165) is 39.3 Å². The van der Waals surface area contributed by atoms with Gasteiger partial charge in [0.25, 0.3) is 0 Å². The quantitative estimate of drug-likeness (QED) is 0.150. The van der Waals surface area contributed by atoms with Crippen molar-refractivity contribution in [3.8, 4) is 67.5 Å². The lowest BCUT2D eigenvalue weighted by molar-refractivity contribution is 1.07. The molecule has 0 N–H and O–H groups in total. The van der Waals surface area contributed by atoms with Crippen molar-refractivity contribution >= 4 is 17.1 Å². The average molecular weight is 705 g/mol. The molecule has 8 aromatic carbocycles. The molecule has 0 atom stereocenters. The highest BCUT2D eigenvalue weighted by molar-refractivity contribution is 5.81. The molecule has 0 saturated heterocycles. The molecule has 9 aromatic rings. The molecule has 9 rings (SSSR count). The molecule has 4 nitrogen and oxygen atoms in total. The van der Waals surface area contributed by atoms with Gasteiger partial charge in [0, 0.05) is 33.8 Å². The first-order chi connectivity index (χ1) is 27.2. The summed E-state index contributed by atoms with van der Waals surface area (Å²) in [4.78, 5) is 17.1. The van der Waals surface area contributed by atoms with E-state index in [1.165, 1.54) is 27.8 Å². The summed E-state index contributed by atoms with van der Waals surface area (Å²) < 4.78 is 0. The van der Waals surface area contributed by atoms with Gasteiger partial charge in [-0.05, 0) is 81.9 Å². The maximum atomic E-state index is 4.95. The Morgan fingerprint density at radius 2 is 0.400 bits per heavy atom. The molecule has 1 heterocycles. The zero-order valence-corrected chi connectivity index (χ0v) is 30.1. The second kappa shape index (κ2) is 15.3. The molecule has 1 aromatic heterocycles. The Hall–Kier alpha value is -7.43. The minimum absolute atomic E-state index is 0.626. The van der Waals surface area contributed by atoms with Crippen molar-refractivity contribution in [3.63, 3.8) is 0 Å². The monoisotopic (exact) mass is 704 g/mol. The molecule has 0 spiro atoms. The summed E-state index contributed by atoms with van der Waals surface area (Å²) in [6.45, 7) is 0. The van der Waals surface area contributed by atoms with Crippen molar-refractivity contribution < 1.29 is 0 Å². The zero-order chi connectivity index (χ0) is 36.8. The smallest absolute Gasteiger partial charge is 0.164 e. The molecule has 0 aliphatic heterocycles. The highest BCUT2D eigenvalue weighted by Gasteiger charge is 2.16. The molecule has 0 amide bonds. The van der Waals surface area contributed by atoms with Crippen molar-refractivity contribution in [1.29, 1.82) is 0 Å². The minimum atomic E-state index is 0.626. The van der Waals surface area contributed by atoms with Crippen LogP contribution in [0.25, 0.3) is 67.5 Å². The van der Waals surface area contributed by atoms with Crippen LogP contribution >= 0.6 is 0 Å². The maximum absolute atomic E-state index is 4.95. The van der Waals surface area contributed by atoms with E-state index in [1.807, 2.05) is 72.8 Å². The Kier molecular flexibility index (Phi) is 9.28. The van der Waals surface area contributed by atoms with Crippen LogP contribution in [0.5, 0.6) is 0 Å². The third kappa shape index (κ3) is 7.30. The van der Waals surface area contributed by atoms with E-state index in [1.54, 1.807) is 0 Å². The summed E-state index contributed by atoms with van der Waals surface area (Å²) in [5, 5.41) is 0. The largest absolute Gasteiger partial charge is 0.311 e. The van der Waals surface area contributed by atoms with Crippen molar-refractivity contribution in [2.75, 3.05) is 4.90 Å². The lowest BCUT2D eigenvalue weighted by Gasteiger charge is -2.26. The third-order valence-electron chi connectivity index (χ3n) is 9.77. The van der Waals surface area contributed by atoms with Gasteiger partial charge in [0.05, 0.1) is 0 Å². The van der Waals surface area contributed by atoms with E-state index >= 15 is 0 Å². The van der Waals surface area contributed by atoms with Crippen molar-refractivity contribution in [2.24, 2.45) is 0 Å². The Morgan fingerprint density at radius 3 is 0.691 bits per heavy atom. The standard InChI is InChI=1S/C51H36N4/c1-5-13-37(14-6-1)39-21-23-40(24-22-39)42-27-33-47(34-28-42)55(46-31-25-41(26-32-46)38-15-7-2-8-16-38)48-35-29-45(30-36-48)51-53-49(43-17-9-3-10-18-43)52-50(54-51)44-19-11-4-12-20-44/h1-36H. The number of rotatable bonds is 9. The van der Waals surface area contributed by atoms with Gasteiger partial charge in [-0.1, -0.05) is 170 Å². The number of aromatic nitrogens is 3. The molecular formula is C51H36N4. The SMILES string of the molecule is c1ccc(-c2ccc(-c3ccc(N(c4ccc(-c5ccccc5)cc4)c4ccc(-c5nc(-c6ccccc6)nc(-c6ccccc6)n5)cc4)cc3)cc2)cc1. The predicted octanol–water partition coefficient (Wildman–Crippen LogP) is 13.3. The highest BCUT2D eigenvalue weighted by atomic mass is 15.1. The first-order valence-electron chi connectivity index (χ1n) is 18.4. The van der Waals surface area contributed by atoms with Crippen LogP contribution in [0.1, 0.15) is 0 Å². The molecule has 0 aliphatic carbocycles. The van der Waals surface area contributed by atoms with E-state index in [4.69, 9.17) is 15.0 Å². The lowest BCUT2D eigenvalue weighted by Crippen LogP contribution is -2.10. The second-order valence-corrected chi connectivity index (χ2v) is 13.3. The number of hydrogen-bond donors (Lipinski definition) is 0. The van der Waals surface area contributed by atoms with E-state index in [2.05, 4.69) is 150 Å². The topological polar surface area (TPSA) is 41.9 Å². The molecular weight excluding hydrogens is 669 g/mol. The lowest BCUT2D eigenvalue weighted by atomic mass is 10.00. The molecule has 0 radical (unpaired) electrons. The van der Waals surface area contributed by atoms with E-state index < -0.39 is 0 Å². The van der Waals surface area contributed by atoms with Gasteiger partial charge >= 0.3 is 0 Å². The average Bonchev–Trinajstić information content (AvgIpc) is 3.28. The molecule has 55 heavy (non-hydrogen) atoms. The zero-order valence-electron chi connectivity index (χ0n) is 30.1. The number of anilines is 3. The molecule has 260 valence electrons. The maximum Gasteiger partial charge on any atom is 0.164 e. The minimum Gasteiger partial charge on any atom is -0.311 e. The van der Waals surface area contributed by atoms with Gasteiger partial charge in [0.2, 0.25) is 0 Å². The van der Waals surface area contributed by atoms with Crippen LogP contribution in [-0.4, -0.2) is 15.0 Å². The van der Waals surface area contributed by atoms with Crippen LogP contribution in [0, 0.1) is 0 Å². The van der Waals surface area contributed by atoms with Gasteiger partial charge in [-0.25, -0.2) is 15.0 Å². The fourth-order valence-corrected chi connectivity index (χ4v) is 6.87. The summed E-state index contributed by atoms with van der Waals surface area (Å²) in [6.07, 6.45) is 0. The Bertz CT molecular complexity index is 2570. The van der Waals surface area contributed by atoms with Gasteiger partial charge < -0.3 is 4.90 Å². The Labute approximate surface area is 321 Å². The number of benzene rings is 8. The first kappa shape index (κ1) is 33.4. The summed E-state index contributed by atoms with van der Waals surface area (Å²) >= 11 is 0. The van der Waals surface area contributed by atoms with Crippen molar-refractivity contribution in [1.82, 2.24) is 15.0 Å². The van der Waals surface area contributed by atoms with Crippen LogP contribution in [-0.2, 0) is 0 Å². The van der Waals surface area contributed by atoms with Crippen LogP contribution < -0.4 is 4.90 Å². The molecule has 0 bridgehead atoms. The van der Waals surface area contributed by atoms with Crippen molar-refractivity contribution in [3.05, 3.63) is 218 Å². The molecule has 0 unspecified atom stereocenters. The van der Waals surface area contributed by atoms with E-state index in [0.29, 0.717) is 17.5 Å². The van der Waals surface area contributed by atoms with Gasteiger partial charge in [0.1, 0.15) is 0 Å². The Balaban J connectivity index is 1.07. The second-order valence-electron chi connectivity index (χ2n) is 13.3. The third-order valence-corrected chi connectivity index (χ3v) is 9.77. The summed E-state index contributed by atoms with van der Waals surface area (Å²) in [5.41, 5.74) is 13.1. The summed E-state index contributed by atoms with van der Waals surface area (Å²) in [6, 6.07) is 75.9. The van der Waals surface area contributed by atoms with Crippen LogP contribution in [0.2, 0.25) is 0 Å². The summed E-state index contributed by atoms with van der Waals surface area (Å²) in [7, 11) is 0. The molecule has 4 heteroatoms.